The van der Waals surface area contributed by atoms with E-state index in [1.165, 1.54) is 7.11 Å². The van der Waals surface area contributed by atoms with Gasteiger partial charge < -0.3 is 20.1 Å². The Kier molecular flexibility index (Phi) is 10.0. The monoisotopic (exact) mass is 260 g/mol. The number of nitrogens with one attached hydrogen (secondary N) is 1. The predicted octanol–water partition coefficient (Wildman–Crippen LogP) is 0.744. The summed E-state index contributed by atoms with van der Waals surface area (Å²) < 4.78 is 4.52. The number of carbonyl (C=O) groups excluding carboxylic acids is 2. The van der Waals surface area contributed by atoms with E-state index in [0.717, 1.165) is 12.8 Å². The Morgan fingerprint density at radius 3 is 2.56 bits per heavy atom. The average Bonchev–Trinajstić information content (AvgIpc) is 2.37. The number of amides is 2. The Balaban J connectivity index is 3.69. The first-order valence-electron chi connectivity index (χ1n) is 6.36. The summed E-state index contributed by atoms with van der Waals surface area (Å²) in [6.45, 7) is 3.46. The third kappa shape index (κ3) is 7.89. The lowest BCUT2D eigenvalue weighted by Crippen LogP contribution is -2.42. The molecule has 0 radical (unpaired) electrons. The fourth-order valence-electron chi connectivity index (χ4n) is 1.51. The molecule has 2 N–H and O–H groups in total. The topological polar surface area (TPSA) is 78.9 Å². The van der Waals surface area contributed by atoms with Crippen molar-refractivity contribution in [1.29, 1.82) is 0 Å². The zero-order chi connectivity index (χ0) is 13.8. The van der Waals surface area contributed by atoms with Crippen molar-refractivity contribution >= 4 is 12.0 Å². The standard InChI is InChI=1S/C12H24N2O4/c1-3-8-14(9-10-15)12(17)13-7-5-4-6-11(16)18-2/h15H,3-10H2,1-2H3,(H,13,17). The van der Waals surface area contributed by atoms with Gasteiger partial charge in [-0.15, -0.1) is 0 Å². The van der Waals surface area contributed by atoms with E-state index in [2.05, 4.69) is 10.1 Å². The van der Waals surface area contributed by atoms with Crippen LogP contribution in [0.3, 0.4) is 0 Å². The molecule has 0 aliphatic heterocycles. The molecule has 0 rings (SSSR count). The van der Waals surface area contributed by atoms with Crippen molar-refractivity contribution in [2.24, 2.45) is 0 Å². The molecule has 2 amide bonds. The molecule has 0 saturated heterocycles. The fraction of sp³-hybridized carbons (Fsp3) is 0.833. The molecular formula is C12H24N2O4. The lowest BCUT2D eigenvalue weighted by atomic mass is 10.2. The number of hydrogen-bond donors (Lipinski definition) is 2. The summed E-state index contributed by atoms with van der Waals surface area (Å²) in [5.74, 6) is -0.228. The lowest BCUT2D eigenvalue weighted by Gasteiger charge is -2.21. The minimum absolute atomic E-state index is 0.0320. The van der Waals surface area contributed by atoms with Crippen LogP contribution in [0.25, 0.3) is 0 Å². The van der Waals surface area contributed by atoms with Gasteiger partial charge in [-0.3, -0.25) is 4.79 Å². The molecule has 0 spiro atoms. The predicted molar refractivity (Wildman–Crippen MR) is 68.2 cm³/mol. The summed E-state index contributed by atoms with van der Waals surface area (Å²) in [6, 6.07) is -0.163. The summed E-state index contributed by atoms with van der Waals surface area (Å²) in [6.07, 6.45) is 2.66. The highest BCUT2D eigenvalue weighted by atomic mass is 16.5. The van der Waals surface area contributed by atoms with Crippen molar-refractivity contribution in [2.45, 2.75) is 32.6 Å². The summed E-state index contributed by atoms with van der Waals surface area (Å²) in [5.41, 5.74) is 0. The Labute approximate surface area is 108 Å². The van der Waals surface area contributed by atoms with Gasteiger partial charge in [0.2, 0.25) is 0 Å². The SMILES string of the molecule is CCCN(CCO)C(=O)NCCCCC(=O)OC. The van der Waals surface area contributed by atoms with Gasteiger partial charge in [0.25, 0.3) is 0 Å². The molecule has 0 aliphatic carbocycles. The first-order chi connectivity index (χ1) is 8.65. The number of rotatable bonds is 9. The summed E-state index contributed by atoms with van der Waals surface area (Å²) in [4.78, 5) is 24.1. The lowest BCUT2D eigenvalue weighted by molar-refractivity contribution is -0.140. The van der Waals surface area contributed by atoms with Crippen LogP contribution in [0.15, 0.2) is 0 Å². The second-order valence-electron chi connectivity index (χ2n) is 3.98. The number of methoxy groups -OCH3 is 1. The van der Waals surface area contributed by atoms with E-state index in [4.69, 9.17) is 5.11 Å². The van der Waals surface area contributed by atoms with Gasteiger partial charge >= 0.3 is 12.0 Å². The van der Waals surface area contributed by atoms with Crippen molar-refractivity contribution in [1.82, 2.24) is 10.2 Å². The van der Waals surface area contributed by atoms with Crippen molar-refractivity contribution in [3.05, 3.63) is 0 Å². The summed E-state index contributed by atoms with van der Waals surface area (Å²) in [5, 5.41) is 11.6. The quantitative estimate of drug-likeness (QED) is 0.473. The summed E-state index contributed by atoms with van der Waals surface area (Å²) >= 11 is 0. The molecule has 18 heavy (non-hydrogen) atoms. The van der Waals surface area contributed by atoms with Gasteiger partial charge in [-0.25, -0.2) is 4.79 Å². The first-order valence-corrected chi connectivity index (χ1v) is 6.36. The largest absolute Gasteiger partial charge is 0.469 e. The van der Waals surface area contributed by atoms with Crippen LogP contribution in [-0.4, -0.2) is 55.4 Å². The van der Waals surface area contributed by atoms with E-state index < -0.39 is 0 Å². The third-order valence-electron chi connectivity index (χ3n) is 2.46. The van der Waals surface area contributed by atoms with E-state index in [0.29, 0.717) is 32.5 Å². The second-order valence-corrected chi connectivity index (χ2v) is 3.98. The van der Waals surface area contributed by atoms with Crippen molar-refractivity contribution in [3.63, 3.8) is 0 Å². The fourth-order valence-corrected chi connectivity index (χ4v) is 1.51. The van der Waals surface area contributed by atoms with Gasteiger partial charge in [0.1, 0.15) is 0 Å². The number of aliphatic hydroxyl groups excluding tert-OH is 1. The van der Waals surface area contributed by atoms with E-state index >= 15 is 0 Å². The van der Waals surface area contributed by atoms with Crippen LogP contribution in [-0.2, 0) is 9.53 Å². The molecule has 106 valence electrons. The molecule has 0 aliphatic rings. The molecule has 0 bridgehead atoms. The van der Waals surface area contributed by atoms with Gasteiger partial charge in [-0.05, 0) is 19.3 Å². The molecule has 0 heterocycles. The number of unbranched alkanes of at least 4 members (excludes halogenated alkanes) is 1. The number of urea groups is 1. The molecule has 0 fully saturated rings. The molecule has 6 nitrogen and oxygen atoms in total. The van der Waals surface area contributed by atoms with E-state index in [-0.39, 0.29) is 18.6 Å². The number of carbonyl (C=O) groups is 2. The molecule has 0 atom stereocenters. The Morgan fingerprint density at radius 2 is 2.00 bits per heavy atom. The molecule has 0 aromatic carbocycles. The zero-order valence-electron chi connectivity index (χ0n) is 11.3. The maximum atomic E-state index is 11.7. The van der Waals surface area contributed by atoms with Gasteiger partial charge in [-0.1, -0.05) is 6.92 Å². The van der Waals surface area contributed by atoms with Crippen LogP contribution in [0.1, 0.15) is 32.6 Å². The van der Waals surface area contributed by atoms with Crippen molar-refractivity contribution in [2.75, 3.05) is 33.4 Å². The molecule has 0 aromatic rings. The van der Waals surface area contributed by atoms with Crippen molar-refractivity contribution in [3.8, 4) is 0 Å². The number of esters is 1. The molecule has 6 heteroatoms. The third-order valence-corrected chi connectivity index (χ3v) is 2.46. The molecule has 0 saturated carbocycles. The molecular weight excluding hydrogens is 236 g/mol. The Bertz CT molecular complexity index is 240. The van der Waals surface area contributed by atoms with Gasteiger partial charge in [0.15, 0.2) is 0 Å². The molecule has 0 aromatic heterocycles. The maximum Gasteiger partial charge on any atom is 0.317 e. The van der Waals surface area contributed by atoms with Crippen LogP contribution in [0.4, 0.5) is 4.79 Å². The minimum Gasteiger partial charge on any atom is -0.469 e. The number of nitrogens with zero attached hydrogens (tertiary/aromatic N) is 1. The Hall–Kier alpha value is -1.30. The van der Waals surface area contributed by atoms with E-state index in [9.17, 15) is 9.59 Å². The van der Waals surface area contributed by atoms with Crippen LogP contribution in [0.2, 0.25) is 0 Å². The van der Waals surface area contributed by atoms with E-state index in [1.54, 1.807) is 4.90 Å². The number of hydrogen-bond acceptors (Lipinski definition) is 4. The number of aliphatic hydroxyl groups is 1. The van der Waals surface area contributed by atoms with Crippen molar-refractivity contribution < 1.29 is 19.4 Å². The van der Waals surface area contributed by atoms with Crippen LogP contribution < -0.4 is 5.32 Å². The van der Waals surface area contributed by atoms with Gasteiger partial charge in [-0.2, -0.15) is 0 Å². The first kappa shape index (κ1) is 16.7. The zero-order valence-corrected chi connectivity index (χ0v) is 11.3. The van der Waals surface area contributed by atoms with Gasteiger partial charge in [0, 0.05) is 26.1 Å². The van der Waals surface area contributed by atoms with Crippen LogP contribution in [0, 0.1) is 0 Å². The summed E-state index contributed by atoms with van der Waals surface area (Å²) in [7, 11) is 1.36. The maximum absolute atomic E-state index is 11.7. The highest BCUT2D eigenvalue weighted by molar-refractivity contribution is 5.74. The highest BCUT2D eigenvalue weighted by Gasteiger charge is 2.10. The smallest absolute Gasteiger partial charge is 0.317 e. The average molecular weight is 260 g/mol. The minimum atomic E-state index is -0.228. The van der Waals surface area contributed by atoms with Gasteiger partial charge in [0.05, 0.1) is 13.7 Å². The second kappa shape index (κ2) is 10.8. The normalized spacial score (nSPS) is 9.94. The van der Waals surface area contributed by atoms with E-state index in [1.807, 2.05) is 6.92 Å². The highest BCUT2D eigenvalue weighted by Crippen LogP contribution is 1.97. The molecule has 0 unspecified atom stereocenters. The van der Waals surface area contributed by atoms with Crippen LogP contribution >= 0.6 is 0 Å². The van der Waals surface area contributed by atoms with Crippen LogP contribution in [0.5, 0.6) is 0 Å². The number of ether oxygens (including phenoxy) is 1. The Morgan fingerprint density at radius 1 is 1.28 bits per heavy atom.